The van der Waals surface area contributed by atoms with Crippen LogP contribution in [0.2, 0.25) is 5.02 Å². The zero-order valence-electron chi connectivity index (χ0n) is 14.2. The molecule has 2 rings (SSSR count). The fraction of sp³-hybridized carbons (Fsp3) is 0.222. The molecule has 132 valence electrons. The van der Waals surface area contributed by atoms with E-state index in [2.05, 4.69) is 10.5 Å². The molecular weight excluding hydrogens is 344 g/mol. The topological polar surface area (TPSA) is 80.2 Å². The smallest absolute Gasteiger partial charge is 0.277 e. The number of aryl methyl sites for hydroxylation is 2. The van der Waals surface area contributed by atoms with E-state index in [0.29, 0.717) is 11.3 Å². The molecule has 25 heavy (non-hydrogen) atoms. The Labute approximate surface area is 151 Å². The molecule has 0 aliphatic heterocycles. The molecule has 0 radical (unpaired) electrons. The normalized spacial score (nSPS) is 10.7. The number of hydrazone groups is 1. The molecule has 6 nitrogen and oxygen atoms in total. The molecule has 7 heteroatoms. The van der Waals surface area contributed by atoms with Crippen LogP contribution >= 0.6 is 11.6 Å². The van der Waals surface area contributed by atoms with Crippen molar-refractivity contribution >= 4 is 23.7 Å². The zero-order chi connectivity index (χ0) is 18.4. The van der Waals surface area contributed by atoms with Gasteiger partial charge >= 0.3 is 0 Å². The van der Waals surface area contributed by atoms with Gasteiger partial charge < -0.3 is 14.6 Å². The van der Waals surface area contributed by atoms with Gasteiger partial charge in [0, 0.05) is 0 Å². The highest BCUT2D eigenvalue weighted by Gasteiger charge is 2.09. The highest BCUT2D eigenvalue weighted by molar-refractivity contribution is 6.32. The molecule has 0 aliphatic rings. The lowest BCUT2D eigenvalue weighted by Gasteiger charge is -2.10. The average Bonchev–Trinajstić information content (AvgIpc) is 2.57. The van der Waals surface area contributed by atoms with Crippen molar-refractivity contribution in [1.29, 1.82) is 0 Å². The molecule has 2 aromatic carbocycles. The Bertz CT molecular complexity index is 786. The van der Waals surface area contributed by atoms with Gasteiger partial charge in [-0.15, -0.1) is 0 Å². The predicted molar refractivity (Wildman–Crippen MR) is 96.8 cm³/mol. The van der Waals surface area contributed by atoms with E-state index < -0.39 is 5.91 Å². The van der Waals surface area contributed by atoms with Crippen molar-refractivity contribution in [2.75, 3.05) is 13.7 Å². The van der Waals surface area contributed by atoms with Crippen molar-refractivity contribution in [3.8, 4) is 17.2 Å². The number of aromatic hydroxyl groups is 1. The maximum Gasteiger partial charge on any atom is 0.277 e. The number of halogens is 1. The van der Waals surface area contributed by atoms with Crippen LogP contribution in [-0.4, -0.2) is 30.9 Å². The summed E-state index contributed by atoms with van der Waals surface area (Å²) in [4.78, 5) is 11.8. The average molecular weight is 363 g/mol. The third kappa shape index (κ3) is 4.87. The first-order valence-corrected chi connectivity index (χ1v) is 7.87. The predicted octanol–water partition coefficient (Wildman–Crippen LogP) is 3.20. The lowest BCUT2D eigenvalue weighted by Crippen LogP contribution is -2.25. The molecule has 0 spiro atoms. The number of nitrogens with one attached hydrogen (secondary N) is 1. The fourth-order valence-electron chi connectivity index (χ4n) is 2.20. The van der Waals surface area contributed by atoms with Crippen molar-refractivity contribution in [3.05, 3.63) is 52.0 Å². The highest BCUT2D eigenvalue weighted by Crippen LogP contribution is 2.34. The fourth-order valence-corrected chi connectivity index (χ4v) is 2.42. The Morgan fingerprint density at radius 2 is 2.00 bits per heavy atom. The number of rotatable bonds is 6. The van der Waals surface area contributed by atoms with Crippen LogP contribution in [0.3, 0.4) is 0 Å². The SMILES string of the molecule is COc1cc(C=NNC(=O)COc2c(C)cccc2C)cc(Cl)c1O. The Kier molecular flexibility index (Phi) is 6.25. The molecule has 0 aliphatic carbocycles. The quantitative estimate of drug-likeness (QED) is 0.611. The van der Waals surface area contributed by atoms with Crippen molar-refractivity contribution in [2.24, 2.45) is 5.10 Å². The van der Waals surface area contributed by atoms with Gasteiger partial charge in [0.1, 0.15) is 5.75 Å². The number of phenols is 1. The molecule has 1 amide bonds. The molecule has 2 aromatic rings. The Morgan fingerprint density at radius 1 is 1.32 bits per heavy atom. The van der Waals surface area contributed by atoms with Crippen LogP contribution in [-0.2, 0) is 4.79 Å². The molecule has 0 saturated carbocycles. The number of phenolic OH excluding ortho intramolecular Hbond substituents is 1. The van der Waals surface area contributed by atoms with Gasteiger partial charge in [0.25, 0.3) is 5.91 Å². The number of nitrogens with zero attached hydrogens (tertiary/aromatic N) is 1. The number of hydrogen-bond acceptors (Lipinski definition) is 5. The lowest BCUT2D eigenvalue weighted by atomic mass is 10.1. The second-order valence-corrected chi connectivity index (χ2v) is 5.76. The summed E-state index contributed by atoms with van der Waals surface area (Å²) in [6.45, 7) is 3.68. The summed E-state index contributed by atoms with van der Waals surface area (Å²) in [5.74, 6) is 0.374. The number of para-hydroxylation sites is 1. The zero-order valence-corrected chi connectivity index (χ0v) is 14.9. The maximum absolute atomic E-state index is 11.8. The van der Waals surface area contributed by atoms with Gasteiger partial charge in [-0.25, -0.2) is 5.43 Å². The second-order valence-electron chi connectivity index (χ2n) is 5.36. The molecule has 2 N–H and O–H groups in total. The number of benzene rings is 2. The first kappa shape index (κ1) is 18.6. The Morgan fingerprint density at radius 3 is 2.64 bits per heavy atom. The van der Waals surface area contributed by atoms with Crippen LogP contribution in [0, 0.1) is 13.8 Å². The maximum atomic E-state index is 11.8. The number of amides is 1. The summed E-state index contributed by atoms with van der Waals surface area (Å²) in [6, 6.07) is 8.81. The largest absolute Gasteiger partial charge is 0.503 e. The van der Waals surface area contributed by atoms with E-state index in [1.165, 1.54) is 19.4 Å². The van der Waals surface area contributed by atoms with E-state index in [-0.39, 0.29) is 23.1 Å². The lowest BCUT2D eigenvalue weighted by molar-refractivity contribution is -0.123. The minimum Gasteiger partial charge on any atom is -0.503 e. The third-order valence-electron chi connectivity index (χ3n) is 3.43. The van der Waals surface area contributed by atoms with Crippen molar-refractivity contribution in [3.63, 3.8) is 0 Å². The van der Waals surface area contributed by atoms with Crippen molar-refractivity contribution in [1.82, 2.24) is 5.43 Å². The molecule has 0 unspecified atom stereocenters. The molecule has 0 aromatic heterocycles. The van der Waals surface area contributed by atoms with Crippen LogP contribution in [0.1, 0.15) is 16.7 Å². The van der Waals surface area contributed by atoms with Gasteiger partial charge in [0.15, 0.2) is 18.1 Å². The Balaban J connectivity index is 1.94. The van der Waals surface area contributed by atoms with Gasteiger partial charge in [-0.1, -0.05) is 29.8 Å². The molecule has 0 atom stereocenters. The molecule has 0 heterocycles. The second kappa shape index (κ2) is 8.39. The van der Waals surface area contributed by atoms with Gasteiger partial charge in [-0.3, -0.25) is 4.79 Å². The highest BCUT2D eigenvalue weighted by atomic mass is 35.5. The van der Waals surface area contributed by atoms with Gasteiger partial charge in [-0.2, -0.15) is 5.10 Å². The first-order chi connectivity index (χ1) is 11.9. The van der Waals surface area contributed by atoms with E-state index >= 15 is 0 Å². The van der Waals surface area contributed by atoms with E-state index in [4.69, 9.17) is 21.1 Å². The molecule has 0 fully saturated rings. The van der Waals surface area contributed by atoms with Crippen LogP contribution in [0.5, 0.6) is 17.2 Å². The van der Waals surface area contributed by atoms with Gasteiger partial charge in [0.05, 0.1) is 18.3 Å². The minimum atomic E-state index is -0.393. The number of methoxy groups -OCH3 is 1. The monoisotopic (exact) mass is 362 g/mol. The molecular formula is C18H19ClN2O4. The van der Waals surface area contributed by atoms with E-state index in [1.807, 2.05) is 32.0 Å². The number of hydrogen-bond donors (Lipinski definition) is 2. The van der Waals surface area contributed by atoms with Crippen LogP contribution in [0.25, 0.3) is 0 Å². The van der Waals surface area contributed by atoms with Gasteiger partial charge in [-0.05, 0) is 42.7 Å². The van der Waals surface area contributed by atoms with Crippen LogP contribution in [0.4, 0.5) is 0 Å². The van der Waals surface area contributed by atoms with E-state index in [1.54, 1.807) is 6.07 Å². The van der Waals surface area contributed by atoms with E-state index in [0.717, 1.165) is 11.1 Å². The number of carbonyl (C=O) groups excluding carboxylic acids is 1. The van der Waals surface area contributed by atoms with E-state index in [9.17, 15) is 9.90 Å². The summed E-state index contributed by atoms with van der Waals surface area (Å²) < 4.78 is 10.5. The molecule has 0 bridgehead atoms. The summed E-state index contributed by atoms with van der Waals surface area (Å²) in [5, 5.41) is 13.6. The minimum absolute atomic E-state index is 0.130. The summed E-state index contributed by atoms with van der Waals surface area (Å²) in [6.07, 6.45) is 1.39. The summed E-state index contributed by atoms with van der Waals surface area (Å²) in [7, 11) is 1.42. The van der Waals surface area contributed by atoms with Gasteiger partial charge in [0.2, 0.25) is 0 Å². The van der Waals surface area contributed by atoms with Crippen molar-refractivity contribution < 1.29 is 19.4 Å². The molecule has 0 saturated heterocycles. The summed E-state index contributed by atoms with van der Waals surface area (Å²) >= 11 is 5.89. The standard InChI is InChI=1S/C18H19ClN2O4/c1-11-5-4-6-12(2)18(11)25-10-16(22)21-20-9-13-7-14(19)17(23)15(8-13)24-3/h4-9,23H,10H2,1-3H3,(H,21,22). The Hall–Kier alpha value is -2.73. The van der Waals surface area contributed by atoms with Crippen LogP contribution < -0.4 is 14.9 Å². The van der Waals surface area contributed by atoms with Crippen molar-refractivity contribution in [2.45, 2.75) is 13.8 Å². The van der Waals surface area contributed by atoms with Crippen LogP contribution in [0.15, 0.2) is 35.4 Å². The number of carbonyl (C=O) groups is 1. The first-order valence-electron chi connectivity index (χ1n) is 7.49. The number of ether oxygens (including phenoxy) is 2. The third-order valence-corrected chi connectivity index (χ3v) is 3.72. The summed E-state index contributed by atoms with van der Waals surface area (Å²) in [5.41, 5.74) is 4.86.